The molecule has 1 aliphatic rings. The van der Waals surface area contributed by atoms with Gasteiger partial charge in [-0.05, 0) is 38.4 Å². The highest BCUT2D eigenvalue weighted by Crippen LogP contribution is 2.33. The van der Waals surface area contributed by atoms with Gasteiger partial charge in [0, 0.05) is 19.6 Å². The lowest BCUT2D eigenvalue weighted by Gasteiger charge is -2.43. The Morgan fingerprint density at radius 1 is 1.36 bits per heavy atom. The zero-order valence-corrected chi connectivity index (χ0v) is 10.5. The molecule has 1 atom stereocenters. The number of rotatable bonds is 3. The van der Waals surface area contributed by atoms with Crippen LogP contribution in [0.4, 0.5) is 0 Å². The Labute approximate surface area is 89.3 Å². The molecule has 0 aromatic heterocycles. The van der Waals surface area contributed by atoms with Crippen molar-refractivity contribution in [3.63, 3.8) is 0 Å². The molecule has 1 heterocycles. The molecule has 2 heteroatoms. The van der Waals surface area contributed by atoms with Crippen LogP contribution in [0.3, 0.4) is 0 Å². The van der Waals surface area contributed by atoms with Gasteiger partial charge in [0.1, 0.15) is 0 Å². The summed E-state index contributed by atoms with van der Waals surface area (Å²) in [6.07, 6.45) is 1.36. The Morgan fingerprint density at radius 3 is 2.50 bits per heavy atom. The van der Waals surface area contributed by atoms with Gasteiger partial charge in [0.2, 0.25) is 0 Å². The molecule has 0 saturated carbocycles. The zero-order valence-electron chi connectivity index (χ0n) is 10.5. The Hall–Kier alpha value is -0.0800. The third kappa shape index (κ3) is 3.25. The first-order chi connectivity index (χ1) is 6.42. The quantitative estimate of drug-likeness (QED) is 0.683. The molecular weight excluding hydrogens is 172 g/mol. The Balaban J connectivity index is 2.36. The van der Waals surface area contributed by atoms with Gasteiger partial charge in [-0.3, -0.25) is 0 Å². The van der Waals surface area contributed by atoms with E-state index >= 15 is 0 Å². The van der Waals surface area contributed by atoms with E-state index in [9.17, 15) is 0 Å². The molecule has 1 saturated heterocycles. The second-order valence-corrected chi connectivity index (χ2v) is 5.76. The van der Waals surface area contributed by atoms with Crippen molar-refractivity contribution in [2.24, 2.45) is 11.3 Å². The van der Waals surface area contributed by atoms with Gasteiger partial charge < -0.3 is 9.80 Å². The predicted molar refractivity (Wildman–Crippen MR) is 62.6 cm³/mol. The summed E-state index contributed by atoms with van der Waals surface area (Å²) in [5.74, 6) is 0.873. The molecule has 0 radical (unpaired) electrons. The lowest BCUT2D eigenvalue weighted by molar-refractivity contribution is 0.0608. The normalized spacial score (nSPS) is 28.3. The highest BCUT2D eigenvalue weighted by Gasteiger charge is 2.32. The van der Waals surface area contributed by atoms with Crippen LogP contribution in [-0.2, 0) is 0 Å². The monoisotopic (exact) mass is 198 g/mol. The summed E-state index contributed by atoms with van der Waals surface area (Å²) >= 11 is 0. The van der Waals surface area contributed by atoms with Gasteiger partial charge in [0.15, 0.2) is 0 Å². The molecule has 84 valence electrons. The van der Waals surface area contributed by atoms with Crippen molar-refractivity contribution < 1.29 is 0 Å². The van der Waals surface area contributed by atoms with E-state index in [0.29, 0.717) is 5.41 Å². The fourth-order valence-electron chi connectivity index (χ4n) is 2.11. The molecule has 0 N–H and O–H groups in total. The second kappa shape index (κ2) is 4.63. The van der Waals surface area contributed by atoms with E-state index in [4.69, 9.17) is 0 Å². The van der Waals surface area contributed by atoms with Crippen molar-refractivity contribution in [3.05, 3.63) is 0 Å². The minimum atomic E-state index is 0.505. The fraction of sp³-hybridized carbons (Fsp3) is 1.00. The number of piperidine rings is 1. The first kappa shape index (κ1) is 12.0. The fourth-order valence-corrected chi connectivity index (χ4v) is 2.11. The number of nitrogens with zero attached hydrogens (tertiary/aromatic N) is 2. The third-order valence-corrected chi connectivity index (χ3v) is 3.71. The Bertz CT molecular complexity index is 175. The summed E-state index contributed by atoms with van der Waals surface area (Å²) < 4.78 is 0. The second-order valence-electron chi connectivity index (χ2n) is 5.76. The maximum Gasteiger partial charge on any atom is 0.0109 e. The Kier molecular flexibility index (Phi) is 3.96. The summed E-state index contributed by atoms with van der Waals surface area (Å²) in [4.78, 5) is 4.88. The summed E-state index contributed by atoms with van der Waals surface area (Å²) in [5.41, 5.74) is 0.505. The van der Waals surface area contributed by atoms with Crippen LogP contribution in [0.1, 0.15) is 27.2 Å². The average molecular weight is 198 g/mol. The first-order valence-electron chi connectivity index (χ1n) is 5.79. The van der Waals surface area contributed by atoms with Crippen LogP contribution in [0.25, 0.3) is 0 Å². The van der Waals surface area contributed by atoms with E-state index in [1.165, 1.54) is 32.6 Å². The standard InChI is InChI=1S/C12H26N2/c1-11-6-7-14(9-8-13(4)5)10-12(11,2)3/h11H,6-10H2,1-5H3. The van der Waals surface area contributed by atoms with E-state index in [1.807, 2.05) is 0 Å². The summed E-state index contributed by atoms with van der Waals surface area (Å²) in [6, 6.07) is 0. The van der Waals surface area contributed by atoms with Gasteiger partial charge in [-0.1, -0.05) is 20.8 Å². The van der Waals surface area contributed by atoms with Crippen molar-refractivity contribution in [1.29, 1.82) is 0 Å². The number of likely N-dealkylation sites (N-methyl/N-ethyl adjacent to an activating group) is 1. The van der Waals surface area contributed by atoms with Gasteiger partial charge in [-0.25, -0.2) is 0 Å². The van der Waals surface area contributed by atoms with Crippen LogP contribution in [-0.4, -0.2) is 50.1 Å². The zero-order chi connectivity index (χ0) is 10.8. The van der Waals surface area contributed by atoms with Gasteiger partial charge in [-0.15, -0.1) is 0 Å². The molecule has 1 rings (SSSR count). The lowest BCUT2D eigenvalue weighted by Crippen LogP contribution is -2.46. The summed E-state index contributed by atoms with van der Waals surface area (Å²) in [6.45, 7) is 12.2. The van der Waals surface area contributed by atoms with Crippen molar-refractivity contribution in [3.8, 4) is 0 Å². The third-order valence-electron chi connectivity index (χ3n) is 3.71. The summed E-state index contributed by atoms with van der Waals surface area (Å²) in [7, 11) is 4.30. The molecular formula is C12H26N2. The van der Waals surface area contributed by atoms with Crippen LogP contribution in [0.15, 0.2) is 0 Å². The van der Waals surface area contributed by atoms with E-state index in [2.05, 4.69) is 44.7 Å². The highest BCUT2D eigenvalue weighted by atomic mass is 15.2. The smallest absolute Gasteiger partial charge is 0.0109 e. The Morgan fingerprint density at radius 2 is 2.00 bits per heavy atom. The van der Waals surface area contributed by atoms with E-state index in [0.717, 1.165) is 5.92 Å². The van der Waals surface area contributed by atoms with Crippen LogP contribution in [0, 0.1) is 11.3 Å². The minimum absolute atomic E-state index is 0.505. The predicted octanol–water partition coefficient (Wildman–Crippen LogP) is 1.92. The highest BCUT2D eigenvalue weighted by molar-refractivity contribution is 4.84. The van der Waals surface area contributed by atoms with Crippen molar-refractivity contribution in [1.82, 2.24) is 9.80 Å². The minimum Gasteiger partial charge on any atom is -0.308 e. The molecule has 0 amide bonds. The van der Waals surface area contributed by atoms with Crippen LogP contribution in [0.5, 0.6) is 0 Å². The topological polar surface area (TPSA) is 6.48 Å². The molecule has 0 aromatic rings. The van der Waals surface area contributed by atoms with Crippen molar-refractivity contribution >= 4 is 0 Å². The van der Waals surface area contributed by atoms with Crippen molar-refractivity contribution in [2.45, 2.75) is 27.2 Å². The molecule has 2 nitrogen and oxygen atoms in total. The molecule has 0 aliphatic carbocycles. The molecule has 0 bridgehead atoms. The molecule has 14 heavy (non-hydrogen) atoms. The van der Waals surface area contributed by atoms with E-state index in [-0.39, 0.29) is 0 Å². The van der Waals surface area contributed by atoms with Gasteiger partial charge in [0.25, 0.3) is 0 Å². The van der Waals surface area contributed by atoms with E-state index in [1.54, 1.807) is 0 Å². The lowest BCUT2D eigenvalue weighted by atomic mass is 9.75. The molecule has 1 fully saturated rings. The van der Waals surface area contributed by atoms with Crippen molar-refractivity contribution in [2.75, 3.05) is 40.3 Å². The number of hydrogen-bond acceptors (Lipinski definition) is 2. The SMILES string of the molecule is CC1CCN(CCN(C)C)CC1(C)C. The molecule has 1 aliphatic heterocycles. The van der Waals surface area contributed by atoms with Crippen LogP contribution < -0.4 is 0 Å². The average Bonchev–Trinajstić information content (AvgIpc) is 2.07. The van der Waals surface area contributed by atoms with Gasteiger partial charge >= 0.3 is 0 Å². The summed E-state index contributed by atoms with van der Waals surface area (Å²) in [5, 5.41) is 0. The van der Waals surface area contributed by atoms with E-state index < -0.39 is 0 Å². The van der Waals surface area contributed by atoms with Gasteiger partial charge in [0.05, 0.1) is 0 Å². The first-order valence-corrected chi connectivity index (χ1v) is 5.79. The number of likely N-dealkylation sites (tertiary alicyclic amines) is 1. The maximum absolute atomic E-state index is 2.61. The largest absolute Gasteiger partial charge is 0.308 e. The number of hydrogen-bond donors (Lipinski definition) is 0. The van der Waals surface area contributed by atoms with Crippen LogP contribution >= 0.6 is 0 Å². The molecule has 1 unspecified atom stereocenters. The molecule has 0 spiro atoms. The van der Waals surface area contributed by atoms with Crippen LogP contribution in [0.2, 0.25) is 0 Å². The maximum atomic E-state index is 2.61. The van der Waals surface area contributed by atoms with Gasteiger partial charge in [-0.2, -0.15) is 0 Å². The molecule has 0 aromatic carbocycles.